The van der Waals surface area contributed by atoms with E-state index in [1.807, 2.05) is 0 Å². The highest BCUT2D eigenvalue weighted by Crippen LogP contribution is 2.25. The Morgan fingerprint density at radius 2 is 2.12 bits per heavy atom. The summed E-state index contributed by atoms with van der Waals surface area (Å²) in [5.41, 5.74) is 0. The number of amides is 1. The zero-order valence-electron chi connectivity index (χ0n) is 8.72. The van der Waals surface area contributed by atoms with E-state index in [4.69, 9.17) is 5.11 Å². The Bertz CT molecular complexity index is 304. The summed E-state index contributed by atoms with van der Waals surface area (Å²) < 4.78 is 0. The van der Waals surface area contributed by atoms with E-state index in [1.54, 1.807) is 0 Å². The maximum absolute atomic E-state index is 11.5. The van der Waals surface area contributed by atoms with Crippen molar-refractivity contribution in [1.82, 2.24) is 5.32 Å². The minimum atomic E-state index is -1.12. The lowest BCUT2D eigenvalue weighted by atomic mass is 9.85. The summed E-state index contributed by atoms with van der Waals surface area (Å²) in [6.07, 6.45) is 1.93. The van der Waals surface area contributed by atoms with Gasteiger partial charge in [-0.15, -0.1) is 0 Å². The highest BCUT2D eigenvalue weighted by molar-refractivity contribution is 5.82. The largest absolute Gasteiger partial charge is 0.480 e. The molecular weight excluding hydrogens is 216 g/mol. The van der Waals surface area contributed by atoms with Gasteiger partial charge in [0.15, 0.2) is 0 Å². The van der Waals surface area contributed by atoms with Crippen LogP contribution in [0.25, 0.3) is 0 Å². The molecule has 0 aliphatic heterocycles. The van der Waals surface area contributed by atoms with Crippen molar-refractivity contribution in [2.24, 2.45) is 5.92 Å². The maximum Gasteiger partial charge on any atom is 0.322 e. The molecule has 0 radical (unpaired) electrons. The van der Waals surface area contributed by atoms with Crippen LogP contribution in [0.3, 0.4) is 0 Å². The van der Waals surface area contributed by atoms with E-state index >= 15 is 0 Å². The quantitative estimate of drug-likeness (QED) is 0.522. The number of hydrogen-bond donors (Lipinski definition) is 2. The molecular formula is C9H14N2O5. The zero-order chi connectivity index (χ0) is 12.1. The van der Waals surface area contributed by atoms with Crippen LogP contribution < -0.4 is 5.32 Å². The molecule has 90 valence electrons. The minimum Gasteiger partial charge on any atom is -0.480 e. The molecule has 0 heterocycles. The van der Waals surface area contributed by atoms with Crippen LogP contribution in [0.1, 0.15) is 25.7 Å². The van der Waals surface area contributed by atoms with E-state index in [1.165, 1.54) is 0 Å². The average Bonchev–Trinajstić information content (AvgIpc) is 2.26. The Morgan fingerprint density at radius 1 is 1.44 bits per heavy atom. The molecule has 0 aromatic heterocycles. The Balaban J connectivity index is 2.43. The van der Waals surface area contributed by atoms with Crippen molar-refractivity contribution in [1.29, 1.82) is 0 Å². The summed E-state index contributed by atoms with van der Waals surface area (Å²) in [6, 6.07) is -0.672. The first-order valence-electron chi connectivity index (χ1n) is 5.13. The molecule has 7 nitrogen and oxygen atoms in total. The van der Waals surface area contributed by atoms with E-state index in [9.17, 15) is 19.7 Å². The van der Waals surface area contributed by atoms with Gasteiger partial charge in [0, 0.05) is 23.7 Å². The van der Waals surface area contributed by atoms with E-state index in [-0.39, 0.29) is 11.3 Å². The second-order valence-corrected chi connectivity index (χ2v) is 3.91. The number of nitro groups is 1. The molecule has 7 heteroatoms. The van der Waals surface area contributed by atoms with Crippen LogP contribution in [0, 0.1) is 16.0 Å². The van der Waals surface area contributed by atoms with E-state index in [0.717, 1.165) is 0 Å². The van der Waals surface area contributed by atoms with Crippen molar-refractivity contribution in [3.05, 3.63) is 10.1 Å². The van der Waals surface area contributed by atoms with Crippen LogP contribution in [0.4, 0.5) is 0 Å². The van der Waals surface area contributed by atoms with Crippen LogP contribution in [0.2, 0.25) is 0 Å². The molecule has 0 aromatic carbocycles. The molecule has 1 fully saturated rings. The Kier molecular flexibility index (Phi) is 4.21. The number of nitrogens with one attached hydrogen (secondary N) is 1. The predicted octanol–water partition coefficient (Wildman–Crippen LogP) is 0.0227. The van der Waals surface area contributed by atoms with Crippen molar-refractivity contribution < 1.29 is 19.6 Å². The second-order valence-electron chi connectivity index (χ2n) is 3.91. The van der Waals surface area contributed by atoms with Crippen LogP contribution in [0.5, 0.6) is 0 Å². The molecule has 16 heavy (non-hydrogen) atoms. The smallest absolute Gasteiger partial charge is 0.322 e. The summed E-state index contributed by atoms with van der Waals surface area (Å²) in [5, 5.41) is 21.2. The zero-order valence-corrected chi connectivity index (χ0v) is 8.72. The molecule has 0 aromatic rings. The molecule has 1 rings (SSSR count). The first-order chi connectivity index (χ1) is 7.50. The number of rotatable bonds is 4. The van der Waals surface area contributed by atoms with Crippen molar-refractivity contribution in [2.75, 3.05) is 6.54 Å². The van der Waals surface area contributed by atoms with Crippen molar-refractivity contribution in [2.45, 2.75) is 31.7 Å². The highest BCUT2D eigenvalue weighted by Gasteiger charge is 2.33. The van der Waals surface area contributed by atoms with Crippen LogP contribution >= 0.6 is 0 Å². The normalized spacial score (nSPS) is 24.8. The van der Waals surface area contributed by atoms with E-state index in [2.05, 4.69) is 5.32 Å². The SMILES string of the molecule is O=C(O)CNC(=O)C1CCCC([N+](=O)[O-])C1. The fraction of sp³-hybridized carbons (Fsp3) is 0.778. The Labute approximate surface area is 92.0 Å². The molecule has 0 spiro atoms. The van der Waals surface area contributed by atoms with Gasteiger partial charge in [-0.25, -0.2) is 0 Å². The van der Waals surface area contributed by atoms with Gasteiger partial charge in [-0.3, -0.25) is 19.7 Å². The molecule has 2 N–H and O–H groups in total. The number of carbonyl (C=O) groups excluding carboxylic acids is 1. The molecule has 2 unspecified atom stereocenters. The topological polar surface area (TPSA) is 110 Å². The standard InChI is InChI=1S/C9H14N2O5/c12-8(13)5-10-9(14)6-2-1-3-7(4-6)11(15)16/h6-7H,1-5H2,(H,10,14)(H,12,13). The minimum absolute atomic E-state index is 0.207. The Hall–Kier alpha value is -1.66. The lowest BCUT2D eigenvalue weighted by Gasteiger charge is -2.22. The number of carboxylic acids is 1. The molecule has 0 bridgehead atoms. The maximum atomic E-state index is 11.5. The lowest BCUT2D eigenvalue weighted by Crippen LogP contribution is -2.39. The van der Waals surface area contributed by atoms with Gasteiger partial charge in [-0.05, 0) is 12.8 Å². The first kappa shape index (κ1) is 12.4. The van der Waals surface area contributed by atoms with Gasteiger partial charge in [0.1, 0.15) is 6.54 Å². The van der Waals surface area contributed by atoms with Gasteiger partial charge >= 0.3 is 5.97 Å². The highest BCUT2D eigenvalue weighted by atomic mass is 16.6. The van der Waals surface area contributed by atoms with Crippen molar-refractivity contribution in [3.63, 3.8) is 0 Å². The summed E-state index contributed by atoms with van der Waals surface area (Å²) >= 11 is 0. The monoisotopic (exact) mass is 230 g/mol. The van der Waals surface area contributed by atoms with Crippen molar-refractivity contribution in [3.8, 4) is 0 Å². The summed E-state index contributed by atoms with van der Waals surface area (Å²) in [4.78, 5) is 31.9. The fourth-order valence-corrected chi connectivity index (χ4v) is 1.90. The number of hydrogen-bond acceptors (Lipinski definition) is 4. The summed E-state index contributed by atoms with van der Waals surface area (Å²) in [7, 11) is 0. The molecule has 0 saturated heterocycles. The average molecular weight is 230 g/mol. The molecule has 1 saturated carbocycles. The van der Waals surface area contributed by atoms with Crippen LogP contribution in [0.15, 0.2) is 0 Å². The van der Waals surface area contributed by atoms with Gasteiger partial charge in [0.05, 0.1) is 0 Å². The molecule has 1 aliphatic rings. The first-order valence-corrected chi connectivity index (χ1v) is 5.13. The molecule has 1 aliphatic carbocycles. The number of carbonyl (C=O) groups is 2. The van der Waals surface area contributed by atoms with Gasteiger partial charge in [0.2, 0.25) is 11.9 Å². The van der Waals surface area contributed by atoms with Crippen molar-refractivity contribution >= 4 is 11.9 Å². The third kappa shape index (κ3) is 3.48. The lowest BCUT2D eigenvalue weighted by molar-refractivity contribution is -0.527. The predicted molar refractivity (Wildman–Crippen MR) is 53.4 cm³/mol. The number of nitrogens with zero attached hydrogens (tertiary/aromatic N) is 1. The van der Waals surface area contributed by atoms with Gasteiger partial charge < -0.3 is 10.4 Å². The van der Waals surface area contributed by atoms with Crippen LogP contribution in [-0.2, 0) is 9.59 Å². The second kappa shape index (κ2) is 5.43. The third-order valence-corrected chi connectivity index (χ3v) is 2.73. The summed E-state index contributed by atoms with van der Waals surface area (Å²) in [5.74, 6) is -1.94. The summed E-state index contributed by atoms with van der Waals surface area (Å²) in [6.45, 7) is -0.432. The van der Waals surface area contributed by atoms with Crippen LogP contribution in [-0.4, -0.2) is 34.5 Å². The van der Waals surface area contributed by atoms with Gasteiger partial charge in [-0.2, -0.15) is 0 Å². The van der Waals surface area contributed by atoms with E-state index < -0.39 is 30.4 Å². The molecule has 1 amide bonds. The third-order valence-electron chi connectivity index (χ3n) is 2.73. The van der Waals surface area contributed by atoms with Gasteiger partial charge in [0.25, 0.3) is 0 Å². The molecule has 2 atom stereocenters. The van der Waals surface area contributed by atoms with Gasteiger partial charge in [-0.1, -0.05) is 0 Å². The Morgan fingerprint density at radius 3 is 2.69 bits per heavy atom. The number of carboxylic acid groups (broad SMARTS) is 1. The number of aliphatic carboxylic acids is 1. The fourth-order valence-electron chi connectivity index (χ4n) is 1.90. The van der Waals surface area contributed by atoms with E-state index in [0.29, 0.717) is 19.3 Å².